The number of carbonyl (C=O) groups excluding carboxylic acids is 2. The number of amides is 2. The van der Waals surface area contributed by atoms with E-state index in [0.717, 1.165) is 11.1 Å². The van der Waals surface area contributed by atoms with Crippen LogP contribution in [0.5, 0.6) is 0 Å². The fourth-order valence-corrected chi connectivity index (χ4v) is 4.57. The molecular weight excluding hydrogens is 420 g/mol. The summed E-state index contributed by atoms with van der Waals surface area (Å²) in [5.74, 6) is -0.366. The second-order valence-electron chi connectivity index (χ2n) is 9.21. The summed E-state index contributed by atoms with van der Waals surface area (Å²) in [4.78, 5) is 28.3. The van der Waals surface area contributed by atoms with E-state index in [0.29, 0.717) is 25.3 Å². The molecule has 0 spiro atoms. The fourth-order valence-electron chi connectivity index (χ4n) is 4.57. The predicted molar refractivity (Wildman–Crippen MR) is 123 cm³/mol. The van der Waals surface area contributed by atoms with Gasteiger partial charge in [0.15, 0.2) is 18.5 Å². The van der Waals surface area contributed by atoms with Crippen LogP contribution in [0.4, 0.5) is 0 Å². The lowest BCUT2D eigenvalue weighted by molar-refractivity contribution is -0.177. The number of aliphatic hydroxyl groups excluding tert-OH is 1. The molecule has 5 atom stereocenters. The normalized spacial score (nSPS) is 25.3. The number of nitrogens with one attached hydrogen (secondary N) is 1. The first kappa shape index (κ1) is 23.4. The largest absolute Gasteiger partial charge is 0.394 e. The highest BCUT2D eigenvalue weighted by atomic mass is 16.7. The number of morpholine rings is 1. The van der Waals surface area contributed by atoms with Crippen LogP contribution < -0.4 is 5.32 Å². The maximum absolute atomic E-state index is 13.5. The van der Waals surface area contributed by atoms with Crippen molar-refractivity contribution in [3.8, 4) is 0 Å². The molecular formula is C26H32N2O5. The molecule has 4 rings (SSSR count). The van der Waals surface area contributed by atoms with E-state index in [1.807, 2.05) is 74.5 Å². The van der Waals surface area contributed by atoms with E-state index in [1.165, 1.54) is 0 Å². The lowest BCUT2D eigenvalue weighted by Crippen LogP contribution is -2.57. The van der Waals surface area contributed by atoms with Crippen molar-refractivity contribution in [2.75, 3.05) is 6.61 Å². The van der Waals surface area contributed by atoms with E-state index in [2.05, 4.69) is 5.32 Å². The number of hydrogen-bond donors (Lipinski definition) is 2. The molecule has 2 aliphatic heterocycles. The summed E-state index contributed by atoms with van der Waals surface area (Å²) in [5, 5.41) is 12.5. The monoisotopic (exact) mass is 452 g/mol. The summed E-state index contributed by atoms with van der Waals surface area (Å²) in [7, 11) is 0. The van der Waals surface area contributed by atoms with Gasteiger partial charge in [0, 0.05) is 6.54 Å². The van der Waals surface area contributed by atoms with Gasteiger partial charge >= 0.3 is 0 Å². The van der Waals surface area contributed by atoms with Crippen molar-refractivity contribution < 1.29 is 24.2 Å². The van der Waals surface area contributed by atoms with Crippen LogP contribution in [0.3, 0.4) is 0 Å². The Hall–Kier alpha value is -2.74. The van der Waals surface area contributed by atoms with Crippen LogP contribution in [0.25, 0.3) is 0 Å². The second-order valence-corrected chi connectivity index (χ2v) is 9.21. The van der Waals surface area contributed by atoms with Crippen molar-refractivity contribution in [2.45, 2.75) is 63.8 Å². The number of fused-ring (bicyclic) bond motifs is 2. The van der Waals surface area contributed by atoms with E-state index >= 15 is 0 Å². The number of rotatable bonds is 9. The molecule has 7 heteroatoms. The highest BCUT2D eigenvalue weighted by molar-refractivity contribution is 5.92. The van der Waals surface area contributed by atoms with Gasteiger partial charge in [-0.3, -0.25) is 9.59 Å². The Morgan fingerprint density at radius 3 is 2.27 bits per heavy atom. The van der Waals surface area contributed by atoms with Crippen LogP contribution in [0, 0.1) is 5.92 Å². The van der Waals surface area contributed by atoms with Gasteiger partial charge in [0.05, 0.1) is 18.7 Å². The Bertz CT molecular complexity index is 936. The van der Waals surface area contributed by atoms with Gasteiger partial charge in [0.1, 0.15) is 0 Å². The van der Waals surface area contributed by atoms with Gasteiger partial charge in [-0.1, -0.05) is 74.5 Å². The molecule has 2 fully saturated rings. The maximum Gasteiger partial charge on any atom is 0.255 e. The van der Waals surface area contributed by atoms with Gasteiger partial charge in [-0.2, -0.15) is 0 Å². The van der Waals surface area contributed by atoms with E-state index < -0.39 is 30.4 Å². The zero-order chi connectivity index (χ0) is 23.4. The number of nitrogens with zero attached hydrogens (tertiary/aromatic N) is 1. The van der Waals surface area contributed by atoms with Crippen LogP contribution >= 0.6 is 0 Å². The molecule has 2 aromatic rings. The number of hydrogen-bond acceptors (Lipinski definition) is 5. The molecule has 0 saturated carbocycles. The third-order valence-corrected chi connectivity index (χ3v) is 6.14. The first-order valence-corrected chi connectivity index (χ1v) is 11.6. The Morgan fingerprint density at radius 1 is 1.03 bits per heavy atom. The van der Waals surface area contributed by atoms with Gasteiger partial charge in [-0.15, -0.1) is 0 Å². The van der Waals surface area contributed by atoms with Crippen LogP contribution in [0.15, 0.2) is 60.7 Å². The van der Waals surface area contributed by atoms with E-state index in [-0.39, 0.29) is 18.6 Å². The van der Waals surface area contributed by atoms with Crippen molar-refractivity contribution in [2.24, 2.45) is 5.92 Å². The Kier molecular flexibility index (Phi) is 7.42. The van der Waals surface area contributed by atoms with Crippen molar-refractivity contribution in [1.29, 1.82) is 0 Å². The second kappa shape index (κ2) is 10.5. The third kappa shape index (κ3) is 5.43. The molecule has 2 heterocycles. The molecule has 0 aliphatic carbocycles. The molecule has 2 bridgehead atoms. The van der Waals surface area contributed by atoms with Crippen LogP contribution in [-0.2, 0) is 32.0 Å². The minimum absolute atomic E-state index is 0.170. The highest BCUT2D eigenvalue weighted by Crippen LogP contribution is 2.34. The van der Waals surface area contributed by atoms with Gasteiger partial charge in [0.2, 0.25) is 0 Å². The molecule has 2 amide bonds. The molecule has 0 unspecified atom stereocenters. The average molecular weight is 453 g/mol. The first-order chi connectivity index (χ1) is 16.0. The molecule has 0 radical (unpaired) electrons. The lowest BCUT2D eigenvalue weighted by atomic mass is 10.0. The first-order valence-electron chi connectivity index (χ1n) is 11.6. The molecule has 2 aromatic carbocycles. The number of ether oxygens (including phenoxy) is 2. The summed E-state index contributed by atoms with van der Waals surface area (Å²) in [6, 6.07) is 18.9. The summed E-state index contributed by atoms with van der Waals surface area (Å²) < 4.78 is 12.0. The Morgan fingerprint density at radius 2 is 1.67 bits per heavy atom. The molecule has 176 valence electrons. The van der Waals surface area contributed by atoms with E-state index in [1.54, 1.807) is 4.90 Å². The van der Waals surface area contributed by atoms with Crippen molar-refractivity contribution in [3.05, 3.63) is 71.8 Å². The number of aliphatic hydroxyl groups is 1. The van der Waals surface area contributed by atoms with Gasteiger partial charge < -0.3 is 24.8 Å². The molecule has 2 saturated heterocycles. The fraction of sp³-hybridized carbons (Fsp3) is 0.462. The summed E-state index contributed by atoms with van der Waals surface area (Å²) >= 11 is 0. The third-order valence-electron chi connectivity index (χ3n) is 6.14. The molecule has 7 nitrogen and oxygen atoms in total. The molecule has 2 aliphatic rings. The van der Waals surface area contributed by atoms with Crippen LogP contribution in [0.2, 0.25) is 0 Å². The van der Waals surface area contributed by atoms with Gasteiger partial charge in [-0.05, 0) is 29.9 Å². The average Bonchev–Trinajstić information content (AvgIpc) is 3.22. The Balaban J connectivity index is 1.56. The molecule has 2 N–H and O–H groups in total. The maximum atomic E-state index is 13.5. The zero-order valence-electron chi connectivity index (χ0n) is 19.1. The zero-order valence-corrected chi connectivity index (χ0v) is 19.1. The Labute approximate surface area is 194 Å². The van der Waals surface area contributed by atoms with Crippen molar-refractivity contribution >= 4 is 11.8 Å². The van der Waals surface area contributed by atoms with Gasteiger partial charge in [-0.25, -0.2) is 0 Å². The van der Waals surface area contributed by atoms with Crippen molar-refractivity contribution in [1.82, 2.24) is 10.2 Å². The summed E-state index contributed by atoms with van der Waals surface area (Å²) in [6.07, 6.45) is -1.55. The summed E-state index contributed by atoms with van der Waals surface area (Å²) in [5.41, 5.74) is 2.06. The quantitative estimate of drug-likeness (QED) is 0.610. The number of carbonyl (C=O) groups is 2. The lowest BCUT2D eigenvalue weighted by Gasteiger charge is -2.38. The van der Waals surface area contributed by atoms with E-state index in [9.17, 15) is 14.7 Å². The smallest absolute Gasteiger partial charge is 0.255 e. The van der Waals surface area contributed by atoms with Crippen LogP contribution in [0.1, 0.15) is 31.4 Å². The minimum atomic E-state index is -1.04. The predicted octanol–water partition coefficient (Wildman–Crippen LogP) is 2.27. The topological polar surface area (TPSA) is 88.1 Å². The van der Waals surface area contributed by atoms with Crippen LogP contribution in [-0.4, -0.2) is 59.0 Å². The molecule has 33 heavy (non-hydrogen) atoms. The standard InChI is InChI=1S/C26H32N2O5/c1-17(2)13-20(16-29)27-24(30)22-23-25(31)28(15-19-11-7-4-8-12-19)21(26(32-22)33-23)14-18-9-5-3-6-10-18/h3-12,17,20-23,26,29H,13-16H2,1-2H3,(H,27,30)/t20-,21-,22+,23+,26+/m0/s1. The number of benzene rings is 2. The minimum Gasteiger partial charge on any atom is -0.394 e. The van der Waals surface area contributed by atoms with E-state index in [4.69, 9.17) is 9.47 Å². The molecule has 0 aromatic heterocycles. The van der Waals surface area contributed by atoms with Gasteiger partial charge in [0.25, 0.3) is 11.8 Å². The SMILES string of the molecule is CC(C)C[C@@H](CO)NC(=O)[C@@H]1O[C@@H]2O[C@H]1C(=O)N(Cc1ccccc1)[C@H]2Cc1ccccc1. The summed E-state index contributed by atoms with van der Waals surface area (Å²) in [6.45, 7) is 4.29. The van der Waals surface area contributed by atoms with Crippen molar-refractivity contribution in [3.63, 3.8) is 0 Å². The highest BCUT2D eigenvalue weighted by Gasteiger charge is 2.55.